The van der Waals surface area contributed by atoms with Crippen molar-refractivity contribution in [2.45, 2.75) is 11.7 Å². The lowest BCUT2D eigenvalue weighted by Crippen LogP contribution is -2.30. The highest BCUT2D eigenvalue weighted by Gasteiger charge is 2.28. The molecular formula is C10H12FN3O5S. The van der Waals surface area contributed by atoms with Crippen molar-refractivity contribution < 1.29 is 23.8 Å². The van der Waals surface area contributed by atoms with Crippen LogP contribution in [0.1, 0.15) is 6.23 Å². The highest BCUT2D eigenvalue weighted by molar-refractivity contribution is 8.00. The number of carbonyl (C=O) groups excluding carboxylic acids is 1. The van der Waals surface area contributed by atoms with Crippen LogP contribution in [0.3, 0.4) is 0 Å². The number of nitrogens with zero attached hydrogens (tertiary/aromatic N) is 2. The van der Waals surface area contributed by atoms with E-state index in [1.807, 2.05) is 5.32 Å². The summed E-state index contributed by atoms with van der Waals surface area (Å²) in [7, 11) is 1.10. The van der Waals surface area contributed by atoms with E-state index in [9.17, 15) is 14.0 Å². The molecule has 1 aliphatic rings. The quantitative estimate of drug-likeness (QED) is 0.819. The Kier molecular flexibility index (Phi) is 4.57. The van der Waals surface area contributed by atoms with Gasteiger partial charge in [0.1, 0.15) is 11.7 Å². The Labute approximate surface area is 116 Å². The van der Waals surface area contributed by atoms with Gasteiger partial charge in [0.25, 0.3) is 0 Å². The number of nitrogens with one attached hydrogen (secondary N) is 1. The second-order valence-corrected chi connectivity index (χ2v) is 4.97. The summed E-state index contributed by atoms with van der Waals surface area (Å²) in [5.41, 5.74) is -1.23. The Morgan fingerprint density at radius 3 is 3.15 bits per heavy atom. The highest BCUT2D eigenvalue weighted by atomic mass is 32.2. The van der Waals surface area contributed by atoms with Crippen LogP contribution in [0.4, 0.5) is 15.0 Å². The average molecular weight is 305 g/mol. The van der Waals surface area contributed by atoms with E-state index < -0.39 is 35.1 Å². The first-order valence-corrected chi connectivity index (χ1v) is 6.61. The molecule has 0 aliphatic carbocycles. The van der Waals surface area contributed by atoms with Crippen LogP contribution >= 0.6 is 11.8 Å². The molecule has 2 rings (SSSR count). The Bertz CT molecular complexity index is 566. The Morgan fingerprint density at radius 1 is 1.80 bits per heavy atom. The number of hydrogen-bond acceptors (Lipinski definition) is 7. The van der Waals surface area contributed by atoms with E-state index in [0.29, 0.717) is 5.75 Å². The summed E-state index contributed by atoms with van der Waals surface area (Å²) in [6, 6.07) is 0. The number of aromatic nitrogens is 2. The summed E-state index contributed by atoms with van der Waals surface area (Å²) in [5.74, 6) is -1.02. The third kappa shape index (κ3) is 3.08. The normalized spacial score (nSPS) is 21.8. The Hall–Kier alpha value is -1.65. The molecular weight excluding hydrogens is 293 g/mol. The van der Waals surface area contributed by atoms with Gasteiger partial charge in [0.05, 0.1) is 19.9 Å². The van der Waals surface area contributed by atoms with Crippen LogP contribution in [0.25, 0.3) is 0 Å². The minimum Gasteiger partial charge on any atom is -0.453 e. The van der Waals surface area contributed by atoms with Gasteiger partial charge in [0, 0.05) is 5.75 Å². The lowest BCUT2D eigenvalue weighted by atomic mass is 10.5. The van der Waals surface area contributed by atoms with Crippen LogP contribution < -0.4 is 11.0 Å². The number of aliphatic hydroxyl groups excluding tert-OH is 1. The Balaban J connectivity index is 2.22. The number of methoxy groups -OCH3 is 1. The zero-order valence-corrected chi connectivity index (χ0v) is 11.2. The number of carbonyl (C=O) groups is 1. The van der Waals surface area contributed by atoms with E-state index in [0.717, 1.165) is 17.9 Å². The summed E-state index contributed by atoms with van der Waals surface area (Å²) in [6.45, 7) is -0.201. The van der Waals surface area contributed by atoms with Crippen molar-refractivity contribution in [1.82, 2.24) is 9.55 Å². The fourth-order valence-electron chi connectivity index (χ4n) is 1.57. The monoisotopic (exact) mass is 305 g/mol. The van der Waals surface area contributed by atoms with Crippen molar-refractivity contribution >= 4 is 23.7 Å². The fraction of sp³-hybridized carbons (Fsp3) is 0.500. The number of halogens is 1. The van der Waals surface area contributed by atoms with Crippen LogP contribution in [-0.2, 0) is 9.47 Å². The van der Waals surface area contributed by atoms with Crippen molar-refractivity contribution in [1.29, 1.82) is 0 Å². The lowest BCUT2D eigenvalue weighted by molar-refractivity contribution is -0.00677. The summed E-state index contributed by atoms with van der Waals surface area (Å²) < 4.78 is 24.3. The molecule has 2 heterocycles. The van der Waals surface area contributed by atoms with E-state index >= 15 is 0 Å². The van der Waals surface area contributed by atoms with Gasteiger partial charge in [-0.3, -0.25) is 9.88 Å². The van der Waals surface area contributed by atoms with Crippen LogP contribution in [0.2, 0.25) is 0 Å². The highest BCUT2D eigenvalue weighted by Crippen LogP contribution is 2.30. The Morgan fingerprint density at radius 2 is 2.55 bits per heavy atom. The van der Waals surface area contributed by atoms with Gasteiger partial charge in [-0.05, 0) is 0 Å². The van der Waals surface area contributed by atoms with Crippen LogP contribution in [0, 0.1) is 5.82 Å². The zero-order chi connectivity index (χ0) is 14.7. The molecule has 1 saturated heterocycles. The standard InChI is InChI=1S/C10H12FN3O5S/c1-18-10(17)13-8-5(11)2-14(9(16)12-8)6-4-20-7(3-15)19-6/h2,6-7,15H,3-4H2,1H3,(H,12,13,16,17)/t6-,7+/m0/s1. The number of ether oxygens (including phenoxy) is 2. The van der Waals surface area contributed by atoms with Crippen molar-refractivity contribution in [2.75, 3.05) is 24.8 Å². The molecule has 10 heteroatoms. The number of aliphatic hydroxyl groups is 1. The third-order valence-corrected chi connectivity index (χ3v) is 3.62. The number of rotatable bonds is 3. The number of hydrogen-bond donors (Lipinski definition) is 2. The predicted molar refractivity (Wildman–Crippen MR) is 67.9 cm³/mol. The molecule has 1 amide bonds. The third-order valence-electron chi connectivity index (χ3n) is 2.51. The SMILES string of the molecule is COC(=O)Nc1nc(=O)n([C@@H]2CS[C@H](CO)O2)cc1F. The van der Waals surface area contributed by atoms with Crippen LogP contribution in [-0.4, -0.2) is 45.7 Å². The molecule has 20 heavy (non-hydrogen) atoms. The topological polar surface area (TPSA) is 103 Å². The summed E-state index contributed by atoms with van der Waals surface area (Å²) in [6.07, 6.45) is -0.744. The molecule has 1 aliphatic heterocycles. The minimum atomic E-state index is -0.929. The largest absolute Gasteiger partial charge is 0.453 e. The molecule has 1 aromatic rings. The van der Waals surface area contributed by atoms with E-state index in [2.05, 4.69) is 9.72 Å². The van der Waals surface area contributed by atoms with Crippen molar-refractivity contribution in [3.8, 4) is 0 Å². The van der Waals surface area contributed by atoms with E-state index in [1.165, 1.54) is 11.8 Å². The van der Waals surface area contributed by atoms with E-state index in [4.69, 9.17) is 9.84 Å². The van der Waals surface area contributed by atoms with Crippen molar-refractivity contribution in [3.63, 3.8) is 0 Å². The second-order valence-electron chi connectivity index (χ2n) is 3.78. The molecule has 2 N–H and O–H groups in total. The number of thioether (sulfide) groups is 1. The molecule has 1 fully saturated rings. The van der Waals surface area contributed by atoms with Gasteiger partial charge < -0.3 is 14.6 Å². The minimum absolute atomic E-state index is 0.201. The van der Waals surface area contributed by atoms with E-state index in [-0.39, 0.29) is 6.61 Å². The first-order chi connectivity index (χ1) is 9.55. The van der Waals surface area contributed by atoms with Gasteiger partial charge >= 0.3 is 11.8 Å². The average Bonchev–Trinajstić information content (AvgIpc) is 2.91. The van der Waals surface area contributed by atoms with Gasteiger partial charge in [0.2, 0.25) is 0 Å². The molecule has 0 spiro atoms. The smallest absolute Gasteiger partial charge is 0.412 e. The molecule has 0 saturated carbocycles. The number of anilines is 1. The summed E-state index contributed by atoms with van der Waals surface area (Å²) in [4.78, 5) is 26.2. The molecule has 1 aromatic heterocycles. The molecule has 0 unspecified atom stereocenters. The molecule has 0 bridgehead atoms. The molecule has 8 nitrogen and oxygen atoms in total. The number of amides is 1. The maximum absolute atomic E-state index is 13.8. The first kappa shape index (κ1) is 14.8. The van der Waals surface area contributed by atoms with Gasteiger partial charge in [-0.1, -0.05) is 0 Å². The second kappa shape index (κ2) is 6.20. The molecule has 110 valence electrons. The van der Waals surface area contributed by atoms with Gasteiger partial charge in [-0.2, -0.15) is 4.98 Å². The van der Waals surface area contributed by atoms with Crippen molar-refractivity contribution in [3.05, 3.63) is 22.5 Å². The first-order valence-electron chi connectivity index (χ1n) is 5.56. The molecule has 0 radical (unpaired) electrons. The lowest BCUT2D eigenvalue weighted by Gasteiger charge is -2.14. The van der Waals surface area contributed by atoms with Crippen LogP contribution in [0.5, 0.6) is 0 Å². The maximum Gasteiger partial charge on any atom is 0.412 e. The summed E-state index contributed by atoms with van der Waals surface area (Å²) in [5, 5.41) is 10.9. The molecule has 0 aromatic carbocycles. The van der Waals surface area contributed by atoms with Crippen LogP contribution in [0.15, 0.2) is 11.0 Å². The summed E-state index contributed by atoms with van der Waals surface area (Å²) >= 11 is 1.31. The predicted octanol–water partition coefficient (Wildman–Crippen LogP) is 0.141. The van der Waals surface area contributed by atoms with Gasteiger partial charge in [0.15, 0.2) is 11.6 Å². The zero-order valence-electron chi connectivity index (χ0n) is 10.4. The molecule has 2 atom stereocenters. The fourth-order valence-corrected chi connectivity index (χ4v) is 2.50. The van der Waals surface area contributed by atoms with Crippen molar-refractivity contribution in [2.24, 2.45) is 0 Å². The maximum atomic E-state index is 13.8. The van der Waals surface area contributed by atoms with Gasteiger partial charge in [-0.15, -0.1) is 11.8 Å². The van der Waals surface area contributed by atoms with Gasteiger partial charge in [-0.25, -0.2) is 14.0 Å². The van der Waals surface area contributed by atoms with E-state index in [1.54, 1.807) is 0 Å².